The molecule has 3 saturated carbocycles. The van der Waals surface area contributed by atoms with E-state index < -0.39 is 35.3 Å². The van der Waals surface area contributed by atoms with E-state index in [-0.39, 0.29) is 35.7 Å². The summed E-state index contributed by atoms with van der Waals surface area (Å²) in [6.07, 6.45) is 1.45. The van der Waals surface area contributed by atoms with Crippen LogP contribution in [-0.4, -0.2) is 36.7 Å². The number of ether oxygens (including phenoxy) is 2. The highest BCUT2D eigenvalue weighted by Gasteiger charge is 2.62. The summed E-state index contributed by atoms with van der Waals surface area (Å²) in [4.78, 5) is 51.3. The number of carbonyl (C=O) groups excluding carboxylic acids is 4. The van der Waals surface area contributed by atoms with Gasteiger partial charge in [0.15, 0.2) is 11.9 Å². The molecule has 1 aromatic rings. The van der Waals surface area contributed by atoms with E-state index in [1.54, 1.807) is 6.07 Å². The average molecular weight is 461 g/mol. The van der Waals surface area contributed by atoms with Gasteiger partial charge in [0.1, 0.15) is 5.78 Å². The molecular formula is C25H29ClO6. The number of halogens is 1. The molecule has 1 aromatic carbocycles. The van der Waals surface area contributed by atoms with Crippen LogP contribution in [0.5, 0.6) is 0 Å². The molecule has 3 fully saturated rings. The average Bonchev–Trinajstić information content (AvgIpc) is 2.74. The summed E-state index contributed by atoms with van der Waals surface area (Å²) >= 11 is 6.19. The van der Waals surface area contributed by atoms with E-state index in [1.807, 2.05) is 25.1 Å². The minimum Gasteiger partial charge on any atom is -0.469 e. The van der Waals surface area contributed by atoms with Crippen LogP contribution in [-0.2, 0) is 28.7 Å². The number of hydrogen-bond donors (Lipinski definition) is 0. The number of benzene rings is 1. The molecule has 0 aliphatic heterocycles. The number of methoxy groups -OCH3 is 1. The molecule has 7 atom stereocenters. The summed E-state index contributed by atoms with van der Waals surface area (Å²) in [5.41, 5.74) is 0.347. The fraction of sp³-hybridized carbons (Fsp3) is 0.600. The van der Waals surface area contributed by atoms with Crippen molar-refractivity contribution in [2.75, 3.05) is 7.11 Å². The van der Waals surface area contributed by atoms with Gasteiger partial charge in [-0.3, -0.25) is 19.2 Å². The first-order valence-corrected chi connectivity index (χ1v) is 11.6. The van der Waals surface area contributed by atoms with Crippen molar-refractivity contribution in [3.63, 3.8) is 0 Å². The van der Waals surface area contributed by atoms with Crippen molar-refractivity contribution in [2.24, 2.45) is 29.1 Å². The Morgan fingerprint density at radius 1 is 1.19 bits per heavy atom. The van der Waals surface area contributed by atoms with Gasteiger partial charge in [0.05, 0.1) is 13.0 Å². The Labute approximate surface area is 193 Å². The van der Waals surface area contributed by atoms with Crippen molar-refractivity contribution in [3.8, 4) is 0 Å². The van der Waals surface area contributed by atoms with Crippen LogP contribution in [0, 0.1) is 29.1 Å². The third-order valence-corrected chi connectivity index (χ3v) is 8.29. The van der Waals surface area contributed by atoms with E-state index in [4.69, 9.17) is 21.1 Å². The van der Waals surface area contributed by atoms with Crippen LogP contribution in [0.4, 0.5) is 0 Å². The maximum atomic E-state index is 13.7. The van der Waals surface area contributed by atoms with Crippen molar-refractivity contribution >= 4 is 35.1 Å². The second-order valence-electron chi connectivity index (χ2n) is 9.76. The zero-order valence-electron chi connectivity index (χ0n) is 18.6. The van der Waals surface area contributed by atoms with Crippen LogP contribution in [0.1, 0.15) is 57.4 Å². The number of fused-ring (bicyclic) bond motifs is 3. The summed E-state index contributed by atoms with van der Waals surface area (Å²) in [7, 11) is 1.34. The topological polar surface area (TPSA) is 86.7 Å². The molecule has 0 heterocycles. The number of rotatable bonds is 3. The van der Waals surface area contributed by atoms with Gasteiger partial charge in [0.2, 0.25) is 0 Å². The normalized spacial score (nSPS) is 36.6. The van der Waals surface area contributed by atoms with Gasteiger partial charge >= 0.3 is 11.9 Å². The Morgan fingerprint density at radius 2 is 1.94 bits per heavy atom. The van der Waals surface area contributed by atoms with Gasteiger partial charge in [-0.05, 0) is 54.2 Å². The van der Waals surface area contributed by atoms with Gasteiger partial charge in [-0.2, -0.15) is 0 Å². The predicted molar refractivity (Wildman–Crippen MR) is 117 cm³/mol. The lowest BCUT2D eigenvalue weighted by molar-refractivity contribution is -0.183. The zero-order chi connectivity index (χ0) is 23.2. The summed E-state index contributed by atoms with van der Waals surface area (Å²) in [5.74, 6) is -2.55. The molecule has 0 bridgehead atoms. The molecule has 0 unspecified atom stereocenters. The van der Waals surface area contributed by atoms with E-state index in [1.165, 1.54) is 14.0 Å². The maximum Gasteiger partial charge on any atom is 0.309 e. The molecule has 0 spiro atoms. The van der Waals surface area contributed by atoms with Crippen LogP contribution < -0.4 is 0 Å². The highest BCUT2D eigenvalue weighted by Crippen LogP contribution is 2.60. The highest BCUT2D eigenvalue weighted by molar-refractivity contribution is 6.30. The molecule has 32 heavy (non-hydrogen) atoms. The van der Waals surface area contributed by atoms with E-state index in [0.717, 1.165) is 5.56 Å². The van der Waals surface area contributed by atoms with Crippen LogP contribution >= 0.6 is 11.6 Å². The van der Waals surface area contributed by atoms with Crippen LogP contribution in [0.2, 0.25) is 5.02 Å². The molecule has 6 nitrogen and oxygen atoms in total. The van der Waals surface area contributed by atoms with E-state index in [2.05, 4.69) is 0 Å². The van der Waals surface area contributed by atoms with E-state index in [0.29, 0.717) is 30.7 Å². The lowest BCUT2D eigenvalue weighted by Crippen LogP contribution is -2.60. The van der Waals surface area contributed by atoms with Crippen LogP contribution in [0.25, 0.3) is 0 Å². The lowest BCUT2D eigenvalue weighted by Gasteiger charge is -2.56. The zero-order valence-corrected chi connectivity index (χ0v) is 19.4. The second kappa shape index (κ2) is 8.62. The Morgan fingerprint density at radius 3 is 2.59 bits per heavy atom. The number of Topliss-reactive ketones (excluding diaryl/α,β-unsaturated/α-hetero) is 2. The molecule has 0 radical (unpaired) electrons. The minimum atomic E-state index is -0.991. The summed E-state index contributed by atoms with van der Waals surface area (Å²) in [6, 6.07) is 7.51. The van der Waals surface area contributed by atoms with Crippen molar-refractivity contribution < 1.29 is 28.7 Å². The fourth-order valence-electron chi connectivity index (χ4n) is 6.62. The number of ketones is 2. The van der Waals surface area contributed by atoms with Crippen LogP contribution in [0.15, 0.2) is 24.3 Å². The predicted octanol–water partition coefficient (Wildman–Crippen LogP) is 4.13. The number of hydrogen-bond acceptors (Lipinski definition) is 6. The molecule has 0 N–H and O–H groups in total. The Balaban J connectivity index is 1.73. The molecule has 0 amide bonds. The van der Waals surface area contributed by atoms with Crippen molar-refractivity contribution in [3.05, 3.63) is 34.9 Å². The van der Waals surface area contributed by atoms with E-state index >= 15 is 0 Å². The summed E-state index contributed by atoms with van der Waals surface area (Å²) in [5, 5.41) is 0.611. The highest BCUT2D eigenvalue weighted by atomic mass is 35.5. The lowest BCUT2D eigenvalue weighted by atomic mass is 9.46. The third kappa shape index (κ3) is 3.87. The molecule has 0 saturated heterocycles. The molecule has 172 valence electrons. The summed E-state index contributed by atoms with van der Waals surface area (Å²) in [6.45, 7) is 3.22. The van der Waals surface area contributed by atoms with Crippen molar-refractivity contribution in [1.82, 2.24) is 0 Å². The number of carbonyl (C=O) groups is 4. The molecule has 3 aliphatic rings. The third-order valence-electron chi connectivity index (χ3n) is 8.05. The molecule has 0 aromatic heterocycles. The quantitative estimate of drug-likeness (QED) is 0.630. The van der Waals surface area contributed by atoms with Crippen LogP contribution in [0.3, 0.4) is 0 Å². The Hall–Kier alpha value is -2.21. The minimum absolute atomic E-state index is 0.0386. The first-order valence-electron chi connectivity index (χ1n) is 11.2. The van der Waals surface area contributed by atoms with E-state index in [9.17, 15) is 19.2 Å². The second-order valence-corrected chi connectivity index (χ2v) is 10.2. The fourth-order valence-corrected chi connectivity index (χ4v) is 6.82. The SMILES string of the molecule is COC(=O)[C@@H]1C[C@H](OC(C)=O)C(=O)[C@@H]2[C@H]3C[C@@H](c4cccc(Cl)c4)CC(=O)[C@@H]3CC[C@]21C. The number of esters is 2. The van der Waals surface area contributed by atoms with Crippen molar-refractivity contribution in [1.29, 1.82) is 0 Å². The Kier molecular flexibility index (Phi) is 6.19. The van der Waals surface area contributed by atoms with Gasteiger partial charge in [0.25, 0.3) is 0 Å². The summed E-state index contributed by atoms with van der Waals surface area (Å²) < 4.78 is 10.4. The van der Waals surface area contributed by atoms with Gasteiger partial charge in [0, 0.05) is 36.6 Å². The van der Waals surface area contributed by atoms with Gasteiger partial charge in [-0.15, -0.1) is 0 Å². The Bertz CT molecular complexity index is 958. The van der Waals surface area contributed by atoms with Gasteiger partial charge < -0.3 is 9.47 Å². The first-order chi connectivity index (χ1) is 15.2. The standard InChI is InChI=1S/C25H29ClO6/c1-13(27)32-21-12-19(24(30)31-3)25(2)8-7-17-18(22(25)23(21)29)10-15(11-20(17)28)14-5-4-6-16(26)9-14/h4-6,9,15,17-19,21-22H,7-8,10-12H2,1-3H3/t15-,17-,18+,19+,21+,22+,25+/m1/s1. The van der Waals surface area contributed by atoms with Crippen molar-refractivity contribution in [2.45, 2.75) is 58.0 Å². The van der Waals surface area contributed by atoms with Gasteiger partial charge in [-0.1, -0.05) is 30.7 Å². The van der Waals surface area contributed by atoms with Gasteiger partial charge in [-0.25, -0.2) is 0 Å². The smallest absolute Gasteiger partial charge is 0.309 e. The maximum absolute atomic E-state index is 13.7. The molecule has 3 aliphatic carbocycles. The first kappa shape index (κ1) is 23.0. The molecule has 4 rings (SSSR count). The molecule has 7 heteroatoms. The molecular weight excluding hydrogens is 432 g/mol. The largest absolute Gasteiger partial charge is 0.469 e. The monoisotopic (exact) mass is 460 g/mol.